The van der Waals surface area contributed by atoms with Crippen LogP contribution < -0.4 is 9.47 Å². The fourth-order valence-corrected chi connectivity index (χ4v) is 4.14. The van der Waals surface area contributed by atoms with Crippen LogP contribution in [-0.4, -0.2) is 57.1 Å². The molecule has 6 heteroatoms. The molecule has 0 radical (unpaired) electrons. The summed E-state index contributed by atoms with van der Waals surface area (Å²) in [6.07, 6.45) is 0. The molecule has 1 heterocycles. The first kappa shape index (κ1) is 18.5. The van der Waals surface area contributed by atoms with Crippen molar-refractivity contribution < 1.29 is 23.8 Å². The van der Waals surface area contributed by atoms with Gasteiger partial charge >= 0.3 is 0 Å². The van der Waals surface area contributed by atoms with Gasteiger partial charge in [0.15, 0.2) is 17.3 Å². The molecule has 0 N–H and O–H groups in total. The van der Waals surface area contributed by atoms with E-state index in [1.54, 1.807) is 25.2 Å². The Morgan fingerprint density at radius 3 is 2.46 bits per heavy atom. The molecule has 2 aromatic carbocycles. The maximum Gasteiger partial charge on any atom is 0.234 e. The molecule has 2 aliphatic rings. The SMILES string of the molecule is COc1ccc(C2c3ccccc3C(=O)C2C(=O)N2CCOCC2)cc1OC. The summed E-state index contributed by atoms with van der Waals surface area (Å²) in [5.74, 6) is -0.182. The summed E-state index contributed by atoms with van der Waals surface area (Å²) in [6, 6.07) is 13.1. The standard InChI is InChI=1S/C22H23NO5/c1-26-17-8-7-14(13-18(17)27-2)19-15-5-3-4-6-16(15)21(24)20(19)22(25)23-9-11-28-12-10-23/h3-8,13,19-20H,9-12H2,1-2H3. The van der Waals surface area contributed by atoms with Crippen molar-refractivity contribution in [3.8, 4) is 11.5 Å². The Kier molecular flexibility index (Phi) is 5.05. The Morgan fingerprint density at radius 1 is 1.04 bits per heavy atom. The van der Waals surface area contributed by atoms with E-state index in [-0.39, 0.29) is 17.6 Å². The van der Waals surface area contributed by atoms with Crippen LogP contribution in [0.25, 0.3) is 0 Å². The van der Waals surface area contributed by atoms with Crippen LogP contribution in [0.15, 0.2) is 42.5 Å². The van der Waals surface area contributed by atoms with Gasteiger partial charge in [-0.1, -0.05) is 30.3 Å². The molecule has 2 unspecified atom stereocenters. The van der Waals surface area contributed by atoms with Crippen LogP contribution in [0, 0.1) is 5.92 Å². The summed E-state index contributed by atoms with van der Waals surface area (Å²) in [4.78, 5) is 28.3. The normalized spacial score (nSPS) is 21.4. The van der Waals surface area contributed by atoms with Crippen LogP contribution in [0.1, 0.15) is 27.4 Å². The second kappa shape index (κ2) is 7.64. The molecule has 1 aliphatic heterocycles. The number of benzene rings is 2. The molecule has 6 nitrogen and oxygen atoms in total. The summed E-state index contributed by atoms with van der Waals surface area (Å²) in [5.41, 5.74) is 2.36. The van der Waals surface area contributed by atoms with E-state index in [1.807, 2.05) is 36.4 Å². The molecule has 0 bridgehead atoms. The van der Waals surface area contributed by atoms with E-state index in [1.165, 1.54) is 0 Å². The number of nitrogens with zero attached hydrogens (tertiary/aromatic N) is 1. The van der Waals surface area contributed by atoms with Crippen LogP contribution in [0.3, 0.4) is 0 Å². The quantitative estimate of drug-likeness (QED) is 0.762. The molecule has 1 aliphatic carbocycles. The van der Waals surface area contributed by atoms with Gasteiger partial charge in [-0.25, -0.2) is 0 Å². The fraction of sp³-hybridized carbons (Fsp3) is 0.364. The van der Waals surface area contributed by atoms with Crippen molar-refractivity contribution >= 4 is 11.7 Å². The zero-order valence-electron chi connectivity index (χ0n) is 16.0. The van der Waals surface area contributed by atoms with Gasteiger partial charge in [-0.3, -0.25) is 9.59 Å². The monoisotopic (exact) mass is 381 g/mol. The van der Waals surface area contributed by atoms with Crippen molar-refractivity contribution in [2.24, 2.45) is 5.92 Å². The van der Waals surface area contributed by atoms with Gasteiger partial charge in [0.2, 0.25) is 5.91 Å². The number of hydrogen-bond acceptors (Lipinski definition) is 5. The topological polar surface area (TPSA) is 65.1 Å². The van der Waals surface area contributed by atoms with Gasteiger partial charge in [0, 0.05) is 24.6 Å². The smallest absolute Gasteiger partial charge is 0.234 e. The van der Waals surface area contributed by atoms with Crippen LogP contribution in [0.4, 0.5) is 0 Å². The number of morpholine rings is 1. The molecular formula is C22H23NO5. The number of fused-ring (bicyclic) bond motifs is 1. The van der Waals surface area contributed by atoms with Crippen molar-refractivity contribution in [2.45, 2.75) is 5.92 Å². The van der Waals surface area contributed by atoms with Gasteiger partial charge < -0.3 is 19.1 Å². The third-order valence-electron chi connectivity index (χ3n) is 5.53. The maximum absolute atomic E-state index is 13.3. The third-order valence-corrected chi connectivity index (χ3v) is 5.53. The van der Waals surface area contributed by atoms with Crippen molar-refractivity contribution in [1.82, 2.24) is 4.90 Å². The molecule has 146 valence electrons. The molecule has 2 aromatic rings. The van der Waals surface area contributed by atoms with E-state index in [4.69, 9.17) is 14.2 Å². The predicted molar refractivity (Wildman–Crippen MR) is 103 cm³/mol. The average molecular weight is 381 g/mol. The van der Waals surface area contributed by atoms with Gasteiger partial charge in [0.1, 0.15) is 5.92 Å². The van der Waals surface area contributed by atoms with E-state index in [0.29, 0.717) is 43.4 Å². The number of carbonyl (C=O) groups excluding carboxylic acids is 2. The average Bonchev–Trinajstić information content (AvgIpc) is 3.06. The minimum atomic E-state index is -0.770. The summed E-state index contributed by atoms with van der Waals surface area (Å²) in [5, 5.41) is 0. The first-order valence-electron chi connectivity index (χ1n) is 9.37. The second-order valence-electron chi connectivity index (χ2n) is 6.96. The third kappa shape index (κ3) is 3.03. The number of ketones is 1. The fourth-order valence-electron chi connectivity index (χ4n) is 4.14. The first-order valence-corrected chi connectivity index (χ1v) is 9.37. The highest BCUT2D eigenvalue weighted by molar-refractivity contribution is 6.15. The number of amides is 1. The highest BCUT2D eigenvalue weighted by atomic mass is 16.5. The van der Waals surface area contributed by atoms with Gasteiger partial charge in [-0.2, -0.15) is 0 Å². The lowest BCUT2D eigenvalue weighted by Crippen LogP contribution is -2.46. The molecule has 1 saturated heterocycles. The number of ether oxygens (including phenoxy) is 3. The Balaban J connectivity index is 1.79. The summed E-state index contributed by atoms with van der Waals surface area (Å²) < 4.78 is 16.1. The van der Waals surface area contributed by atoms with E-state index in [0.717, 1.165) is 11.1 Å². The van der Waals surface area contributed by atoms with Crippen LogP contribution >= 0.6 is 0 Å². The number of carbonyl (C=O) groups is 2. The zero-order chi connectivity index (χ0) is 19.7. The van der Waals surface area contributed by atoms with Crippen LogP contribution in [-0.2, 0) is 9.53 Å². The highest BCUT2D eigenvalue weighted by Crippen LogP contribution is 2.45. The van der Waals surface area contributed by atoms with E-state index < -0.39 is 5.92 Å². The minimum absolute atomic E-state index is 0.119. The molecular weight excluding hydrogens is 358 g/mol. The van der Waals surface area contributed by atoms with E-state index in [9.17, 15) is 9.59 Å². The van der Waals surface area contributed by atoms with Crippen molar-refractivity contribution in [3.63, 3.8) is 0 Å². The lowest BCUT2D eigenvalue weighted by Gasteiger charge is -2.31. The molecule has 4 rings (SSSR count). The molecule has 0 saturated carbocycles. The molecule has 0 aromatic heterocycles. The minimum Gasteiger partial charge on any atom is -0.493 e. The molecule has 1 amide bonds. The molecule has 0 spiro atoms. The van der Waals surface area contributed by atoms with E-state index >= 15 is 0 Å². The van der Waals surface area contributed by atoms with Crippen molar-refractivity contribution in [3.05, 3.63) is 59.2 Å². The Morgan fingerprint density at radius 2 is 1.75 bits per heavy atom. The Hall–Kier alpha value is -2.86. The van der Waals surface area contributed by atoms with Gasteiger partial charge in [0.05, 0.1) is 27.4 Å². The van der Waals surface area contributed by atoms with Crippen LogP contribution in [0.5, 0.6) is 11.5 Å². The van der Waals surface area contributed by atoms with Crippen LogP contribution in [0.2, 0.25) is 0 Å². The largest absolute Gasteiger partial charge is 0.493 e. The second-order valence-corrected chi connectivity index (χ2v) is 6.96. The highest BCUT2D eigenvalue weighted by Gasteiger charge is 2.46. The number of methoxy groups -OCH3 is 2. The van der Waals surface area contributed by atoms with Crippen molar-refractivity contribution in [1.29, 1.82) is 0 Å². The number of rotatable bonds is 4. The Labute approximate surface area is 164 Å². The van der Waals surface area contributed by atoms with Gasteiger partial charge in [-0.15, -0.1) is 0 Å². The zero-order valence-corrected chi connectivity index (χ0v) is 16.0. The van der Waals surface area contributed by atoms with Crippen molar-refractivity contribution in [2.75, 3.05) is 40.5 Å². The lowest BCUT2D eigenvalue weighted by molar-refractivity contribution is -0.138. The first-order chi connectivity index (χ1) is 13.7. The predicted octanol–water partition coefficient (Wildman–Crippen LogP) is 2.51. The van der Waals surface area contributed by atoms with E-state index in [2.05, 4.69) is 0 Å². The maximum atomic E-state index is 13.3. The summed E-state index contributed by atoms with van der Waals surface area (Å²) in [6.45, 7) is 2.02. The molecule has 28 heavy (non-hydrogen) atoms. The summed E-state index contributed by atoms with van der Waals surface area (Å²) in [7, 11) is 3.16. The number of Topliss-reactive ketones (excluding diaryl/α,β-unsaturated/α-hetero) is 1. The molecule has 2 atom stereocenters. The Bertz CT molecular complexity index is 904. The molecule has 1 fully saturated rings. The lowest BCUT2D eigenvalue weighted by atomic mass is 9.84. The van der Waals surface area contributed by atoms with Gasteiger partial charge in [0.25, 0.3) is 0 Å². The van der Waals surface area contributed by atoms with Gasteiger partial charge in [-0.05, 0) is 23.3 Å². The number of hydrogen-bond donors (Lipinski definition) is 0. The summed E-state index contributed by atoms with van der Waals surface area (Å²) >= 11 is 0.